The fourth-order valence-corrected chi connectivity index (χ4v) is 3.49. The van der Waals surface area contributed by atoms with E-state index in [9.17, 15) is 4.39 Å². The van der Waals surface area contributed by atoms with Gasteiger partial charge in [0.1, 0.15) is 16.9 Å². The number of imidazole rings is 1. The van der Waals surface area contributed by atoms with Crippen molar-refractivity contribution in [3.05, 3.63) is 30.2 Å². The highest BCUT2D eigenvalue weighted by molar-refractivity contribution is 5.71. The lowest BCUT2D eigenvalue weighted by Gasteiger charge is -2.26. The van der Waals surface area contributed by atoms with Gasteiger partial charge < -0.3 is 9.88 Å². The largest absolute Gasteiger partial charge is 0.341 e. The smallest absolute Gasteiger partial charge is 0.227 e. The van der Waals surface area contributed by atoms with Crippen LogP contribution in [0.25, 0.3) is 11.2 Å². The lowest BCUT2D eigenvalue weighted by atomic mass is 10.1. The van der Waals surface area contributed by atoms with Gasteiger partial charge in [0.25, 0.3) is 0 Å². The molecule has 5 rings (SSSR count). The van der Waals surface area contributed by atoms with Gasteiger partial charge in [0.2, 0.25) is 5.95 Å². The minimum atomic E-state index is -0.365. The highest BCUT2D eigenvalue weighted by atomic mass is 19.1. The van der Waals surface area contributed by atoms with Gasteiger partial charge in [-0.05, 0) is 32.1 Å². The summed E-state index contributed by atoms with van der Waals surface area (Å²) in [6, 6.07) is 0. The van der Waals surface area contributed by atoms with Crippen molar-refractivity contribution < 1.29 is 4.39 Å². The molecule has 124 valence electrons. The summed E-state index contributed by atoms with van der Waals surface area (Å²) in [7, 11) is 0. The quantitative estimate of drug-likeness (QED) is 0.798. The van der Waals surface area contributed by atoms with Gasteiger partial charge in [-0.25, -0.2) is 14.4 Å². The van der Waals surface area contributed by atoms with E-state index in [0.717, 1.165) is 43.2 Å². The molecule has 2 aliphatic rings. The zero-order chi connectivity index (χ0) is 16.1. The third-order valence-corrected chi connectivity index (χ3v) is 5.02. The normalized spacial score (nSPS) is 19.8. The van der Waals surface area contributed by atoms with E-state index in [1.54, 1.807) is 10.9 Å². The van der Waals surface area contributed by atoms with E-state index in [1.807, 2.05) is 0 Å². The van der Waals surface area contributed by atoms with Gasteiger partial charge in [0, 0.05) is 13.1 Å². The second kappa shape index (κ2) is 4.99. The average Bonchev–Trinajstić information content (AvgIpc) is 3.12. The zero-order valence-electron chi connectivity index (χ0n) is 13.2. The van der Waals surface area contributed by atoms with E-state index in [4.69, 9.17) is 0 Å². The molecule has 1 aliphatic heterocycles. The number of nitrogens with zero attached hydrogens (tertiary/aromatic N) is 6. The molecule has 2 fully saturated rings. The summed E-state index contributed by atoms with van der Waals surface area (Å²) in [5.41, 5.74) is 1.11. The van der Waals surface area contributed by atoms with Crippen molar-refractivity contribution in [1.82, 2.24) is 29.7 Å². The van der Waals surface area contributed by atoms with Crippen LogP contribution < -0.4 is 4.90 Å². The maximum Gasteiger partial charge on any atom is 0.227 e. The molecule has 0 bridgehead atoms. The van der Waals surface area contributed by atoms with E-state index < -0.39 is 0 Å². The summed E-state index contributed by atoms with van der Waals surface area (Å²) in [4.78, 5) is 19.3. The van der Waals surface area contributed by atoms with Crippen LogP contribution in [-0.4, -0.2) is 42.8 Å². The summed E-state index contributed by atoms with van der Waals surface area (Å²) < 4.78 is 15.0. The van der Waals surface area contributed by atoms with Gasteiger partial charge in [-0.3, -0.25) is 4.68 Å². The van der Waals surface area contributed by atoms with E-state index in [2.05, 4.69) is 29.9 Å². The van der Waals surface area contributed by atoms with Crippen molar-refractivity contribution in [2.24, 2.45) is 0 Å². The molecule has 0 aromatic carbocycles. The molecule has 0 unspecified atom stereocenters. The fraction of sp³-hybridized carbons (Fsp3) is 0.500. The SMILES string of the molecule is Fc1cnn(C2(c3nc4nc(N5CCCCC5)ncc4[nH]3)CC2)c1. The van der Waals surface area contributed by atoms with Crippen LogP contribution in [-0.2, 0) is 5.54 Å². The maximum absolute atomic E-state index is 13.3. The first-order chi connectivity index (χ1) is 11.7. The second-order valence-electron chi connectivity index (χ2n) is 6.68. The van der Waals surface area contributed by atoms with Crippen LogP contribution in [0, 0.1) is 5.82 Å². The maximum atomic E-state index is 13.3. The number of nitrogens with one attached hydrogen (secondary N) is 1. The highest BCUT2D eigenvalue weighted by Crippen LogP contribution is 2.47. The number of piperidine rings is 1. The lowest BCUT2D eigenvalue weighted by molar-refractivity contribution is 0.481. The van der Waals surface area contributed by atoms with Gasteiger partial charge in [-0.2, -0.15) is 10.1 Å². The molecule has 0 amide bonds. The predicted octanol–water partition coefficient (Wildman–Crippen LogP) is 2.22. The van der Waals surface area contributed by atoms with Gasteiger partial charge in [0.15, 0.2) is 11.5 Å². The third-order valence-electron chi connectivity index (χ3n) is 5.02. The van der Waals surface area contributed by atoms with Crippen LogP contribution in [0.3, 0.4) is 0 Å². The summed E-state index contributed by atoms with van der Waals surface area (Å²) >= 11 is 0. The molecule has 7 nitrogen and oxygen atoms in total. The van der Waals surface area contributed by atoms with E-state index in [-0.39, 0.29) is 11.4 Å². The van der Waals surface area contributed by atoms with Gasteiger partial charge >= 0.3 is 0 Å². The number of hydrogen-bond donors (Lipinski definition) is 1. The number of fused-ring (bicyclic) bond motifs is 1. The van der Waals surface area contributed by atoms with E-state index >= 15 is 0 Å². The molecule has 24 heavy (non-hydrogen) atoms. The van der Waals surface area contributed by atoms with E-state index in [1.165, 1.54) is 31.7 Å². The Kier molecular flexibility index (Phi) is 2.89. The molecular weight excluding hydrogens is 309 g/mol. The molecular formula is C16H18FN7. The van der Waals surface area contributed by atoms with Crippen LogP contribution >= 0.6 is 0 Å². The van der Waals surface area contributed by atoms with Crippen LogP contribution in [0.1, 0.15) is 37.9 Å². The van der Waals surface area contributed by atoms with Crippen molar-refractivity contribution in [2.45, 2.75) is 37.6 Å². The van der Waals surface area contributed by atoms with E-state index in [0.29, 0.717) is 5.65 Å². The van der Waals surface area contributed by atoms with Crippen molar-refractivity contribution in [1.29, 1.82) is 0 Å². The molecule has 3 aromatic heterocycles. The number of aromatic amines is 1. The molecule has 1 saturated heterocycles. The van der Waals surface area contributed by atoms with Crippen molar-refractivity contribution in [3.8, 4) is 0 Å². The summed E-state index contributed by atoms with van der Waals surface area (Å²) in [6.45, 7) is 2.00. The standard InChI is InChI=1S/C16H18FN7/c17-11-8-19-24(10-11)16(4-5-16)14-20-12-9-18-15(22-13(12)21-14)23-6-2-1-3-7-23/h8-10H,1-7H2,(H,18,20,21,22). The molecule has 1 aliphatic carbocycles. The minimum absolute atomic E-state index is 0.329. The molecule has 1 saturated carbocycles. The Balaban J connectivity index is 1.52. The Labute approximate surface area is 137 Å². The van der Waals surface area contributed by atoms with Gasteiger partial charge in [-0.1, -0.05) is 0 Å². The Morgan fingerprint density at radius 3 is 2.62 bits per heavy atom. The molecule has 0 spiro atoms. The number of rotatable bonds is 3. The number of aromatic nitrogens is 6. The minimum Gasteiger partial charge on any atom is -0.341 e. The highest BCUT2D eigenvalue weighted by Gasteiger charge is 2.50. The van der Waals surface area contributed by atoms with Crippen LogP contribution in [0.5, 0.6) is 0 Å². The first-order valence-corrected chi connectivity index (χ1v) is 8.43. The predicted molar refractivity (Wildman–Crippen MR) is 86.2 cm³/mol. The first-order valence-electron chi connectivity index (χ1n) is 8.43. The first kappa shape index (κ1) is 13.9. The van der Waals surface area contributed by atoms with Crippen molar-refractivity contribution >= 4 is 17.1 Å². The van der Waals surface area contributed by atoms with Crippen molar-refractivity contribution in [2.75, 3.05) is 18.0 Å². The molecule has 0 atom stereocenters. The third kappa shape index (κ3) is 2.09. The number of H-pyrrole nitrogens is 1. The lowest BCUT2D eigenvalue weighted by Crippen LogP contribution is -2.30. The van der Waals surface area contributed by atoms with Gasteiger partial charge in [0.05, 0.1) is 18.6 Å². The molecule has 8 heteroatoms. The summed E-state index contributed by atoms with van der Waals surface area (Å²) in [6.07, 6.45) is 9.86. The number of halogens is 1. The number of hydrogen-bond acceptors (Lipinski definition) is 5. The van der Waals surface area contributed by atoms with Gasteiger partial charge in [-0.15, -0.1) is 0 Å². The summed E-state index contributed by atoms with van der Waals surface area (Å²) in [5.74, 6) is 1.20. The Morgan fingerprint density at radius 2 is 1.92 bits per heavy atom. The Bertz CT molecular complexity index is 889. The molecule has 4 heterocycles. The Morgan fingerprint density at radius 1 is 1.08 bits per heavy atom. The summed E-state index contributed by atoms with van der Waals surface area (Å²) in [5, 5.41) is 4.12. The van der Waals surface area contributed by atoms with Crippen LogP contribution in [0.4, 0.5) is 10.3 Å². The second-order valence-corrected chi connectivity index (χ2v) is 6.68. The number of anilines is 1. The monoisotopic (exact) mass is 327 g/mol. The average molecular weight is 327 g/mol. The Hall–Kier alpha value is -2.51. The van der Waals surface area contributed by atoms with Crippen molar-refractivity contribution in [3.63, 3.8) is 0 Å². The fourth-order valence-electron chi connectivity index (χ4n) is 3.49. The van der Waals surface area contributed by atoms with Crippen LogP contribution in [0.15, 0.2) is 18.6 Å². The molecule has 1 N–H and O–H groups in total. The molecule has 3 aromatic rings. The molecule has 0 radical (unpaired) electrons. The topological polar surface area (TPSA) is 75.5 Å². The van der Waals surface area contributed by atoms with Crippen LogP contribution in [0.2, 0.25) is 0 Å². The zero-order valence-corrected chi connectivity index (χ0v) is 13.2.